The number of nitrogens with two attached hydrogens (primary N) is 1. The van der Waals surface area contributed by atoms with E-state index in [-0.39, 0.29) is 5.92 Å². The molecule has 1 aromatic rings. The largest absolute Gasteiger partial charge is 0.465 e. The maximum atomic E-state index is 13.6. The number of carbonyl (C=O) groups is 1. The Labute approximate surface area is 133 Å². The molecule has 0 saturated carbocycles. The fourth-order valence-electron chi connectivity index (χ4n) is 2.87. The number of halogens is 2. The van der Waals surface area contributed by atoms with Gasteiger partial charge in [-0.25, -0.2) is 9.18 Å². The van der Waals surface area contributed by atoms with Crippen molar-refractivity contribution in [1.29, 1.82) is 0 Å². The standard InChI is InChI=1S/C15H20ClFN2O3/c16-12-6-11(7-13(17)8-12)14(22-5-3-18)10-2-1-4-19(9-10)15(20)21/h6-8,10,14H,1-5,9,18H2,(H,20,21)/t10-,14-/m1/s1. The van der Waals surface area contributed by atoms with Gasteiger partial charge in [0.05, 0.1) is 12.7 Å². The van der Waals surface area contributed by atoms with E-state index in [0.29, 0.717) is 36.8 Å². The van der Waals surface area contributed by atoms with Crippen LogP contribution in [-0.4, -0.2) is 42.3 Å². The molecule has 1 aromatic carbocycles. The van der Waals surface area contributed by atoms with E-state index in [9.17, 15) is 9.18 Å². The van der Waals surface area contributed by atoms with Crippen LogP contribution in [0.4, 0.5) is 9.18 Å². The van der Waals surface area contributed by atoms with E-state index >= 15 is 0 Å². The molecule has 0 bridgehead atoms. The Bertz CT molecular complexity index is 509. The predicted octanol–water partition coefficient (Wildman–Crippen LogP) is 2.89. The average Bonchev–Trinajstić information content (AvgIpc) is 2.47. The van der Waals surface area contributed by atoms with Crippen molar-refractivity contribution < 1.29 is 19.0 Å². The first-order valence-electron chi connectivity index (χ1n) is 7.26. The number of hydrogen-bond acceptors (Lipinski definition) is 3. The predicted molar refractivity (Wildman–Crippen MR) is 81.5 cm³/mol. The van der Waals surface area contributed by atoms with Crippen LogP contribution in [0.1, 0.15) is 24.5 Å². The first-order chi connectivity index (χ1) is 10.5. The molecular weight excluding hydrogens is 311 g/mol. The second kappa shape index (κ2) is 7.76. The van der Waals surface area contributed by atoms with E-state index in [4.69, 9.17) is 27.2 Å². The minimum atomic E-state index is -0.945. The van der Waals surface area contributed by atoms with Gasteiger partial charge in [-0.15, -0.1) is 0 Å². The molecule has 1 amide bonds. The highest BCUT2D eigenvalue weighted by Gasteiger charge is 2.31. The van der Waals surface area contributed by atoms with Gasteiger partial charge in [-0.05, 0) is 36.6 Å². The summed E-state index contributed by atoms with van der Waals surface area (Å²) in [4.78, 5) is 12.5. The van der Waals surface area contributed by atoms with Crippen molar-refractivity contribution in [3.8, 4) is 0 Å². The van der Waals surface area contributed by atoms with Crippen molar-refractivity contribution in [3.05, 3.63) is 34.6 Å². The highest BCUT2D eigenvalue weighted by atomic mass is 35.5. The van der Waals surface area contributed by atoms with E-state index in [1.165, 1.54) is 17.0 Å². The lowest BCUT2D eigenvalue weighted by molar-refractivity contribution is -0.00991. The SMILES string of the molecule is NCCO[C@@H](c1cc(F)cc(Cl)c1)[C@@H]1CCCN(C(=O)O)C1. The van der Waals surface area contributed by atoms with Gasteiger partial charge in [0.1, 0.15) is 5.82 Å². The summed E-state index contributed by atoms with van der Waals surface area (Å²) in [5.74, 6) is -0.482. The van der Waals surface area contributed by atoms with Crippen LogP contribution >= 0.6 is 11.6 Å². The zero-order valence-electron chi connectivity index (χ0n) is 12.2. The van der Waals surface area contributed by atoms with Crippen LogP contribution < -0.4 is 5.73 Å². The average molecular weight is 331 g/mol. The van der Waals surface area contributed by atoms with Crippen LogP contribution in [0.3, 0.4) is 0 Å². The summed E-state index contributed by atoms with van der Waals surface area (Å²) in [6.45, 7) is 1.54. The van der Waals surface area contributed by atoms with Gasteiger partial charge < -0.3 is 20.5 Å². The van der Waals surface area contributed by atoms with E-state index < -0.39 is 18.0 Å². The van der Waals surface area contributed by atoms with Crippen LogP contribution in [0.5, 0.6) is 0 Å². The zero-order valence-corrected chi connectivity index (χ0v) is 12.9. The highest BCUT2D eigenvalue weighted by Crippen LogP contribution is 2.34. The number of likely N-dealkylation sites (tertiary alicyclic amines) is 1. The number of piperidine rings is 1. The van der Waals surface area contributed by atoms with Crippen molar-refractivity contribution in [2.75, 3.05) is 26.2 Å². The molecule has 0 aromatic heterocycles. The molecule has 5 nitrogen and oxygen atoms in total. The Hall–Kier alpha value is -1.37. The number of ether oxygens (including phenoxy) is 1. The van der Waals surface area contributed by atoms with Gasteiger partial charge in [0.15, 0.2) is 0 Å². The van der Waals surface area contributed by atoms with Gasteiger partial charge in [-0.2, -0.15) is 0 Å². The molecule has 1 heterocycles. The summed E-state index contributed by atoms with van der Waals surface area (Å²) in [6.07, 6.45) is 0.203. The summed E-state index contributed by atoms with van der Waals surface area (Å²) in [5, 5.41) is 9.45. The van der Waals surface area contributed by atoms with Crippen LogP contribution in [0.2, 0.25) is 5.02 Å². The lowest BCUT2D eigenvalue weighted by Crippen LogP contribution is -2.41. The quantitative estimate of drug-likeness (QED) is 0.870. The third-order valence-electron chi connectivity index (χ3n) is 3.79. The van der Waals surface area contributed by atoms with Gasteiger partial charge >= 0.3 is 6.09 Å². The molecule has 2 rings (SSSR count). The normalized spacial score (nSPS) is 20.0. The third-order valence-corrected chi connectivity index (χ3v) is 4.00. The molecule has 122 valence electrons. The van der Waals surface area contributed by atoms with E-state index in [1.54, 1.807) is 6.07 Å². The Kier molecular flexibility index (Phi) is 5.99. The van der Waals surface area contributed by atoms with Crippen molar-refractivity contribution >= 4 is 17.7 Å². The first-order valence-corrected chi connectivity index (χ1v) is 7.64. The van der Waals surface area contributed by atoms with Crippen LogP contribution in [-0.2, 0) is 4.74 Å². The highest BCUT2D eigenvalue weighted by molar-refractivity contribution is 6.30. The number of carboxylic acid groups (broad SMARTS) is 1. The monoisotopic (exact) mass is 330 g/mol. The van der Waals surface area contributed by atoms with E-state index in [1.807, 2.05) is 0 Å². The maximum Gasteiger partial charge on any atom is 0.407 e. The van der Waals surface area contributed by atoms with E-state index in [0.717, 1.165) is 12.8 Å². The Balaban J connectivity index is 2.22. The molecule has 0 spiro atoms. The fourth-order valence-corrected chi connectivity index (χ4v) is 3.10. The van der Waals surface area contributed by atoms with Crippen molar-refractivity contribution in [2.24, 2.45) is 11.7 Å². The van der Waals surface area contributed by atoms with Crippen LogP contribution in [0, 0.1) is 11.7 Å². The second-order valence-electron chi connectivity index (χ2n) is 5.41. The number of rotatable bonds is 5. The molecule has 3 N–H and O–H groups in total. The summed E-state index contributed by atoms with van der Waals surface area (Å²) < 4.78 is 19.4. The molecule has 1 aliphatic rings. The second-order valence-corrected chi connectivity index (χ2v) is 5.85. The lowest BCUT2D eigenvalue weighted by atomic mass is 9.88. The smallest absolute Gasteiger partial charge is 0.407 e. The van der Waals surface area contributed by atoms with Gasteiger partial charge in [0, 0.05) is 30.6 Å². The number of hydrogen-bond donors (Lipinski definition) is 2. The van der Waals surface area contributed by atoms with E-state index in [2.05, 4.69) is 0 Å². The zero-order chi connectivity index (χ0) is 16.1. The minimum absolute atomic E-state index is 0.0470. The van der Waals surface area contributed by atoms with Crippen molar-refractivity contribution in [1.82, 2.24) is 4.90 Å². The van der Waals surface area contributed by atoms with Gasteiger partial charge in [-0.3, -0.25) is 0 Å². The summed E-state index contributed by atoms with van der Waals surface area (Å²) in [5.41, 5.74) is 6.11. The first kappa shape index (κ1) is 17.0. The number of benzene rings is 1. The molecule has 1 saturated heterocycles. The molecule has 1 fully saturated rings. The molecule has 0 radical (unpaired) electrons. The Morgan fingerprint density at radius 3 is 2.95 bits per heavy atom. The van der Waals surface area contributed by atoms with Gasteiger partial charge in [0.25, 0.3) is 0 Å². The third kappa shape index (κ3) is 4.32. The number of amides is 1. The summed E-state index contributed by atoms with van der Waals surface area (Å²) >= 11 is 5.92. The molecule has 0 aliphatic carbocycles. The molecule has 1 aliphatic heterocycles. The summed E-state index contributed by atoms with van der Waals surface area (Å²) in [7, 11) is 0. The molecule has 2 atom stereocenters. The molecule has 7 heteroatoms. The van der Waals surface area contributed by atoms with Crippen molar-refractivity contribution in [2.45, 2.75) is 18.9 Å². The maximum absolute atomic E-state index is 13.6. The molecule has 0 unspecified atom stereocenters. The van der Waals surface area contributed by atoms with Gasteiger partial charge in [-0.1, -0.05) is 11.6 Å². The lowest BCUT2D eigenvalue weighted by Gasteiger charge is -2.35. The topological polar surface area (TPSA) is 75.8 Å². The van der Waals surface area contributed by atoms with Crippen LogP contribution in [0.25, 0.3) is 0 Å². The minimum Gasteiger partial charge on any atom is -0.465 e. The van der Waals surface area contributed by atoms with Crippen LogP contribution in [0.15, 0.2) is 18.2 Å². The van der Waals surface area contributed by atoms with Crippen molar-refractivity contribution in [3.63, 3.8) is 0 Å². The molecule has 22 heavy (non-hydrogen) atoms. The fraction of sp³-hybridized carbons (Fsp3) is 0.533. The summed E-state index contributed by atoms with van der Waals surface area (Å²) in [6, 6.07) is 4.27. The Morgan fingerprint density at radius 2 is 2.32 bits per heavy atom. The van der Waals surface area contributed by atoms with Gasteiger partial charge in [0.2, 0.25) is 0 Å². The Morgan fingerprint density at radius 1 is 1.55 bits per heavy atom. The number of nitrogens with zero attached hydrogens (tertiary/aromatic N) is 1. The molecular formula is C15H20ClFN2O3.